The Bertz CT molecular complexity index is 175. The van der Waals surface area contributed by atoms with Gasteiger partial charge in [-0.05, 0) is 6.92 Å². The predicted octanol–water partition coefficient (Wildman–Crippen LogP) is 0.671. The molecule has 1 rings (SSSR count). The summed E-state index contributed by atoms with van der Waals surface area (Å²) in [6.07, 6.45) is 0.684. The largest absolute Gasteiger partial charge is 0.451 e. The molecular formula is C7H10O3. The molecule has 3 heteroatoms. The number of esters is 1. The number of ether oxygens (including phenoxy) is 1. The molecule has 1 aliphatic heterocycles. The minimum atomic E-state index is -0.786. The van der Waals surface area contributed by atoms with Crippen molar-refractivity contribution in [1.29, 1.82) is 0 Å². The van der Waals surface area contributed by atoms with Gasteiger partial charge in [0.25, 0.3) is 0 Å². The van der Waals surface area contributed by atoms with Crippen LogP contribution in [0.15, 0.2) is 0 Å². The summed E-state index contributed by atoms with van der Waals surface area (Å²) in [5.74, 6) is -0.267. The quantitative estimate of drug-likeness (QED) is 0.532. The number of cyclic esters (lactones) is 1. The second-order valence-electron chi connectivity index (χ2n) is 2.66. The second kappa shape index (κ2) is 2.08. The summed E-state index contributed by atoms with van der Waals surface area (Å²) in [6.45, 7) is 3.42. The summed E-state index contributed by atoms with van der Waals surface area (Å²) in [6, 6.07) is 0. The SMILES string of the molecule is CCC(=O)[C@]1(C)CC(=O)O1. The molecule has 1 saturated heterocycles. The van der Waals surface area contributed by atoms with Gasteiger partial charge in [0.05, 0.1) is 6.42 Å². The standard InChI is InChI=1S/C7H10O3/c1-3-5(8)7(2)4-6(9)10-7/h3-4H2,1-2H3/t7-/m0/s1. The molecule has 0 aromatic heterocycles. The van der Waals surface area contributed by atoms with Gasteiger partial charge in [-0.15, -0.1) is 0 Å². The molecule has 0 aromatic carbocycles. The molecule has 1 fully saturated rings. The number of Topliss-reactive ketones (excluding diaryl/α,β-unsaturated/α-hetero) is 1. The van der Waals surface area contributed by atoms with E-state index in [1.165, 1.54) is 0 Å². The fraction of sp³-hybridized carbons (Fsp3) is 0.714. The molecule has 0 N–H and O–H groups in total. The maximum Gasteiger partial charge on any atom is 0.311 e. The molecule has 1 aliphatic rings. The normalized spacial score (nSPS) is 30.8. The molecule has 0 bridgehead atoms. The van der Waals surface area contributed by atoms with Crippen LogP contribution in [0, 0.1) is 0 Å². The van der Waals surface area contributed by atoms with Gasteiger partial charge in [0.2, 0.25) is 0 Å². The van der Waals surface area contributed by atoms with Gasteiger partial charge in [-0.2, -0.15) is 0 Å². The zero-order chi connectivity index (χ0) is 7.78. The van der Waals surface area contributed by atoms with E-state index in [0.29, 0.717) is 6.42 Å². The molecule has 56 valence electrons. The summed E-state index contributed by atoms with van der Waals surface area (Å²) in [5.41, 5.74) is -0.786. The fourth-order valence-corrected chi connectivity index (χ4v) is 1.05. The minimum Gasteiger partial charge on any atom is -0.451 e. The van der Waals surface area contributed by atoms with Crippen LogP contribution in [0.25, 0.3) is 0 Å². The van der Waals surface area contributed by atoms with E-state index in [9.17, 15) is 9.59 Å². The van der Waals surface area contributed by atoms with Crippen molar-refractivity contribution in [2.75, 3.05) is 0 Å². The molecule has 0 saturated carbocycles. The first-order valence-corrected chi connectivity index (χ1v) is 3.33. The van der Waals surface area contributed by atoms with Crippen LogP contribution in [0.1, 0.15) is 26.7 Å². The number of carbonyl (C=O) groups is 2. The Morgan fingerprint density at radius 1 is 1.80 bits per heavy atom. The van der Waals surface area contributed by atoms with E-state index in [2.05, 4.69) is 0 Å². The van der Waals surface area contributed by atoms with Crippen molar-refractivity contribution in [2.45, 2.75) is 32.3 Å². The molecule has 1 heterocycles. The second-order valence-corrected chi connectivity index (χ2v) is 2.66. The van der Waals surface area contributed by atoms with Gasteiger partial charge in [0.15, 0.2) is 11.4 Å². The van der Waals surface area contributed by atoms with E-state index in [-0.39, 0.29) is 18.2 Å². The van der Waals surface area contributed by atoms with Crippen LogP contribution < -0.4 is 0 Å². The molecule has 3 nitrogen and oxygen atoms in total. The van der Waals surface area contributed by atoms with Crippen LogP contribution in [0.2, 0.25) is 0 Å². The Morgan fingerprint density at radius 2 is 2.30 bits per heavy atom. The number of hydrogen-bond acceptors (Lipinski definition) is 3. The van der Waals surface area contributed by atoms with Gasteiger partial charge in [0, 0.05) is 6.42 Å². The maximum absolute atomic E-state index is 11.0. The van der Waals surface area contributed by atoms with Crippen LogP contribution in [-0.4, -0.2) is 17.4 Å². The van der Waals surface area contributed by atoms with Gasteiger partial charge in [-0.25, -0.2) is 0 Å². The first kappa shape index (κ1) is 7.25. The smallest absolute Gasteiger partial charge is 0.311 e. The van der Waals surface area contributed by atoms with Gasteiger partial charge < -0.3 is 4.74 Å². The first-order valence-electron chi connectivity index (χ1n) is 3.33. The third-order valence-electron chi connectivity index (χ3n) is 1.73. The van der Waals surface area contributed by atoms with Crippen molar-refractivity contribution in [3.05, 3.63) is 0 Å². The molecule has 0 aliphatic carbocycles. The number of ketones is 1. The highest BCUT2D eigenvalue weighted by Gasteiger charge is 2.46. The van der Waals surface area contributed by atoms with Crippen molar-refractivity contribution in [3.63, 3.8) is 0 Å². The van der Waals surface area contributed by atoms with Gasteiger partial charge in [0.1, 0.15) is 0 Å². The van der Waals surface area contributed by atoms with Gasteiger partial charge in [-0.3, -0.25) is 9.59 Å². The first-order chi connectivity index (χ1) is 4.58. The molecule has 10 heavy (non-hydrogen) atoms. The van der Waals surface area contributed by atoms with Crippen LogP contribution in [0.4, 0.5) is 0 Å². The highest BCUT2D eigenvalue weighted by Crippen LogP contribution is 2.28. The summed E-state index contributed by atoms with van der Waals surface area (Å²) in [7, 11) is 0. The number of rotatable bonds is 2. The van der Waals surface area contributed by atoms with Crippen molar-refractivity contribution in [2.24, 2.45) is 0 Å². The van der Waals surface area contributed by atoms with E-state index >= 15 is 0 Å². The maximum atomic E-state index is 11.0. The highest BCUT2D eigenvalue weighted by molar-refractivity contribution is 5.97. The lowest BCUT2D eigenvalue weighted by Crippen LogP contribution is -2.51. The van der Waals surface area contributed by atoms with E-state index in [1.807, 2.05) is 0 Å². The van der Waals surface area contributed by atoms with Crippen LogP contribution in [0.5, 0.6) is 0 Å². The molecule has 0 aromatic rings. The Hall–Kier alpha value is -0.860. The van der Waals surface area contributed by atoms with E-state index < -0.39 is 5.60 Å². The van der Waals surface area contributed by atoms with E-state index in [1.54, 1.807) is 13.8 Å². The fourth-order valence-electron chi connectivity index (χ4n) is 1.05. The molecule has 0 unspecified atom stereocenters. The lowest BCUT2D eigenvalue weighted by atomic mass is 9.90. The predicted molar refractivity (Wildman–Crippen MR) is 34.4 cm³/mol. The summed E-state index contributed by atoms with van der Waals surface area (Å²) >= 11 is 0. The number of hydrogen-bond donors (Lipinski definition) is 0. The topological polar surface area (TPSA) is 43.4 Å². The van der Waals surface area contributed by atoms with Crippen LogP contribution >= 0.6 is 0 Å². The van der Waals surface area contributed by atoms with E-state index in [4.69, 9.17) is 4.74 Å². The summed E-state index contributed by atoms with van der Waals surface area (Å²) < 4.78 is 4.69. The highest BCUT2D eigenvalue weighted by atomic mass is 16.6. The lowest BCUT2D eigenvalue weighted by molar-refractivity contribution is -0.191. The summed E-state index contributed by atoms with van der Waals surface area (Å²) in [5, 5.41) is 0. The lowest BCUT2D eigenvalue weighted by Gasteiger charge is -2.35. The van der Waals surface area contributed by atoms with Crippen molar-refractivity contribution in [3.8, 4) is 0 Å². The zero-order valence-corrected chi connectivity index (χ0v) is 6.14. The Kier molecular flexibility index (Phi) is 1.50. The molecule has 1 atom stereocenters. The van der Waals surface area contributed by atoms with Gasteiger partial charge in [-0.1, -0.05) is 6.92 Å². The Morgan fingerprint density at radius 3 is 2.60 bits per heavy atom. The van der Waals surface area contributed by atoms with Crippen molar-refractivity contribution in [1.82, 2.24) is 0 Å². The van der Waals surface area contributed by atoms with Crippen molar-refractivity contribution >= 4 is 11.8 Å². The molecule has 0 radical (unpaired) electrons. The van der Waals surface area contributed by atoms with Crippen LogP contribution in [-0.2, 0) is 14.3 Å². The molecule has 0 amide bonds. The molecule has 0 spiro atoms. The minimum absolute atomic E-state index is 0.00657. The Balaban J connectivity index is 2.56. The third-order valence-corrected chi connectivity index (χ3v) is 1.73. The van der Waals surface area contributed by atoms with E-state index in [0.717, 1.165) is 0 Å². The monoisotopic (exact) mass is 142 g/mol. The Labute approximate surface area is 59.4 Å². The van der Waals surface area contributed by atoms with Gasteiger partial charge >= 0.3 is 5.97 Å². The zero-order valence-electron chi connectivity index (χ0n) is 6.14. The average molecular weight is 142 g/mol. The third kappa shape index (κ3) is 0.916. The summed E-state index contributed by atoms with van der Waals surface area (Å²) in [4.78, 5) is 21.3. The number of carbonyl (C=O) groups excluding carboxylic acids is 2. The molecular weight excluding hydrogens is 132 g/mol. The van der Waals surface area contributed by atoms with Crippen molar-refractivity contribution < 1.29 is 14.3 Å². The average Bonchev–Trinajstić information content (AvgIpc) is 1.83. The van der Waals surface area contributed by atoms with Crippen LogP contribution in [0.3, 0.4) is 0 Å².